The van der Waals surface area contributed by atoms with Crippen molar-refractivity contribution in [2.45, 2.75) is 20.8 Å². The largest absolute Gasteiger partial charge is 0.496 e. The van der Waals surface area contributed by atoms with Crippen molar-refractivity contribution in [3.8, 4) is 5.75 Å². The molecule has 0 atom stereocenters. The van der Waals surface area contributed by atoms with E-state index in [9.17, 15) is 9.59 Å². The number of anilines is 1. The number of rotatable bonds is 8. The van der Waals surface area contributed by atoms with Crippen LogP contribution < -0.4 is 10.1 Å². The molecule has 0 bridgehead atoms. The van der Waals surface area contributed by atoms with Gasteiger partial charge in [-0.05, 0) is 19.2 Å². The van der Waals surface area contributed by atoms with Crippen molar-refractivity contribution in [3.05, 3.63) is 22.7 Å². The first kappa shape index (κ1) is 20.3. The van der Waals surface area contributed by atoms with Crippen LogP contribution in [-0.4, -0.2) is 62.0 Å². The summed E-state index contributed by atoms with van der Waals surface area (Å²) in [5.41, 5.74) is 0.794. The number of hydrogen-bond acceptors (Lipinski definition) is 4. The van der Waals surface area contributed by atoms with Crippen LogP contribution in [0.25, 0.3) is 0 Å². The first-order valence-corrected chi connectivity index (χ1v) is 8.34. The third kappa shape index (κ3) is 5.39. The minimum absolute atomic E-state index is 0.171. The number of carbonyl (C=O) groups excluding carboxylic acids is 2. The van der Waals surface area contributed by atoms with E-state index in [2.05, 4.69) is 24.1 Å². The Morgan fingerprint density at radius 3 is 2.33 bits per heavy atom. The molecular weight excluding hydrogens is 330 g/mol. The van der Waals surface area contributed by atoms with Crippen LogP contribution in [0.2, 0.25) is 5.02 Å². The van der Waals surface area contributed by atoms with E-state index >= 15 is 0 Å². The van der Waals surface area contributed by atoms with Gasteiger partial charge in [0, 0.05) is 33.1 Å². The molecule has 1 aromatic rings. The molecule has 6 nitrogen and oxygen atoms in total. The SMILES string of the molecule is CCN(CC)CCN(C)C(=O)c1cc(Cl)c(NC(C)=O)cc1OC. The number of likely N-dealkylation sites (N-methyl/N-ethyl adjacent to an activating group) is 2. The summed E-state index contributed by atoms with van der Waals surface area (Å²) < 4.78 is 5.29. The lowest BCUT2D eigenvalue weighted by molar-refractivity contribution is -0.114. The molecule has 0 radical (unpaired) electrons. The van der Waals surface area contributed by atoms with E-state index in [-0.39, 0.29) is 11.8 Å². The van der Waals surface area contributed by atoms with E-state index in [1.807, 2.05) is 0 Å². The molecule has 0 saturated carbocycles. The highest BCUT2D eigenvalue weighted by molar-refractivity contribution is 6.34. The van der Waals surface area contributed by atoms with E-state index in [0.29, 0.717) is 28.6 Å². The summed E-state index contributed by atoms with van der Waals surface area (Å²) >= 11 is 6.17. The van der Waals surface area contributed by atoms with Gasteiger partial charge in [0.25, 0.3) is 5.91 Å². The van der Waals surface area contributed by atoms with Gasteiger partial charge in [-0.3, -0.25) is 9.59 Å². The first-order chi connectivity index (χ1) is 11.3. The summed E-state index contributed by atoms with van der Waals surface area (Å²) in [6.07, 6.45) is 0. The lowest BCUT2D eigenvalue weighted by Crippen LogP contribution is -2.36. The zero-order chi connectivity index (χ0) is 18.3. The average molecular weight is 356 g/mol. The molecular formula is C17H26ClN3O3. The van der Waals surface area contributed by atoms with E-state index in [1.165, 1.54) is 20.1 Å². The summed E-state index contributed by atoms with van der Waals surface area (Å²) in [5.74, 6) is -0.0347. The van der Waals surface area contributed by atoms with E-state index in [0.717, 1.165) is 19.6 Å². The molecule has 0 spiro atoms. The molecule has 7 heteroatoms. The second-order valence-corrected chi connectivity index (χ2v) is 5.87. The number of methoxy groups -OCH3 is 1. The Morgan fingerprint density at radius 1 is 1.21 bits per heavy atom. The van der Waals surface area contributed by atoms with Crippen LogP contribution in [0.5, 0.6) is 5.75 Å². The molecule has 24 heavy (non-hydrogen) atoms. The molecule has 0 aliphatic carbocycles. The molecule has 1 N–H and O–H groups in total. The molecule has 2 amide bonds. The fourth-order valence-corrected chi connectivity index (χ4v) is 2.52. The highest BCUT2D eigenvalue weighted by atomic mass is 35.5. The molecule has 0 unspecified atom stereocenters. The highest BCUT2D eigenvalue weighted by Crippen LogP contribution is 2.31. The lowest BCUT2D eigenvalue weighted by atomic mass is 10.1. The standard InChI is InChI=1S/C17H26ClN3O3/c1-6-21(7-2)9-8-20(4)17(23)13-10-14(18)15(19-12(3)22)11-16(13)24-5/h10-11H,6-9H2,1-5H3,(H,19,22). The molecule has 0 aromatic heterocycles. The molecule has 0 heterocycles. The number of hydrogen-bond donors (Lipinski definition) is 1. The van der Waals surface area contributed by atoms with Gasteiger partial charge >= 0.3 is 0 Å². The maximum atomic E-state index is 12.7. The second-order valence-electron chi connectivity index (χ2n) is 5.47. The van der Waals surface area contributed by atoms with Crippen molar-refractivity contribution in [2.75, 3.05) is 45.7 Å². The van der Waals surface area contributed by atoms with Crippen LogP contribution >= 0.6 is 11.6 Å². The summed E-state index contributed by atoms with van der Waals surface area (Å²) in [4.78, 5) is 27.8. The third-order valence-electron chi connectivity index (χ3n) is 3.82. The van der Waals surface area contributed by atoms with Crippen molar-refractivity contribution in [1.29, 1.82) is 0 Å². The molecule has 0 aliphatic rings. The number of halogens is 1. The van der Waals surface area contributed by atoms with Crippen molar-refractivity contribution in [2.24, 2.45) is 0 Å². The van der Waals surface area contributed by atoms with E-state index in [1.54, 1.807) is 18.0 Å². The molecule has 0 saturated heterocycles. The summed E-state index contributed by atoms with van der Waals surface area (Å²) in [6, 6.07) is 3.09. The predicted octanol–water partition coefficient (Wildman–Crippen LogP) is 2.72. The molecule has 134 valence electrons. The van der Waals surface area contributed by atoms with Gasteiger partial charge in [0.15, 0.2) is 0 Å². The van der Waals surface area contributed by atoms with Gasteiger partial charge in [-0.2, -0.15) is 0 Å². The molecule has 1 aromatic carbocycles. The van der Waals surface area contributed by atoms with Gasteiger partial charge in [0.05, 0.1) is 23.4 Å². The Balaban J connectivity index is 2.96. The van der Waals surface area contributed by atoms with Crippen LogP contribution in [0.3, 0.4) is 0 Å². The van der Waals surface area contributed by atoms with Crippen molar-refractivity contribution < 1.29 is 14.3 Å². The fraction of sp³-hybridized carbons (Fsp3) is 0.529. The summed E-state index contributed by atoms with van der Waals surface area (Å²) in [6.45, 7) is 8.87. The Bertz CT molecular complexity index is 589. The Kier molecular flexibility index (Phi) is 8.01. The van der Waals surface area contributed by atoms with Crippen molar-refractivity contribution in [3.63, 3.8) is 0 Å². The van der Waals surface area contributed by atoms with Gasteiger partial charge in [0.2, 0.25) is 5.91 Å². The number of nitrogens with one attached hydrogen (secondary N) is 1. The smallest absolute Gasteiger partial charge is 0.257 e. The highest BCUT2D eigenvalue weighted by Gasteiger charge is 2.20. The van der Waals surface area contributed by atoms with Gasteiger partial charge in [-0.1, -0.05) is 25.4 Å². The van der Waals surface area contributed by atoms with Crippen LogP contribution in [0.15, 0.2) is 12.1 Å². The van der Waals surface area contributed by atoms with Gasteiger partial charge < -0.3 is 19.9 Å². The van der Waals surface area contributed by atoms with Crippen molar-refractivity contribution in [1.82, 2.24) is 9.80 Å². The van der Waals surface area contributed by atoms with Crippen LogP contribution in [0, 0.1) is 0 Å². The predicted molar refractivity (Wildman–Crippen MR) is 97.1 cm³/mol. The van der Waals surface area contributed by atoms with Gasteiger partial charge in [-0.15, -0.1) is 0 Å². The zero-order valence-electron chi connectivity index (χ0n) is 15.0. The third-order valence-corrected chi connectivity index (χ3v) is 4.14. The number of carbonyl (C=O) groups is 2. The molecule has 0 aliphatic heterocycles. The number of ether oxygens (including phenoxy) is 1. The summed E-state index contributed by atoms with van der Waals surface area (Å²) in [7, 11) is 3.23. The van der Waals surface area contributed by atoms with Crippen LogP contribution in [0.4, 0.5) is 5.69 Å². The topological polar surface area (TPSA) is 61.9 Å². The van der Waals surface area contributed by atoms with E-state index < -0.39 is 0 Å². The zero-order valence-corrected chi connectivity index (χ0v) is 15.7. The van der Waals surface area contributed by atoms with Gasteiger partial charge in [-0.25, -0.2) is 0 Å². The number of nitrogens with zero attached hydrogens (tertiary/aromatic N) is 2. The van der Waals surface area contributed by atoms with E-state index in [4.69, 9.17) is 16.3 Å². The fourth-order valence-electron chi connectivity index (χ4n) is 2.31. The minimum Gasteiger partial charge on any atom is -0.496 e. The lowest BCUT2D eigenvalue weighted by Gasteiger charge is -2.24. The second kappa shape index (κ2) is 9.49. The van der Waals surface area contributed by atoms with Crippen LogP contribution in [0.1, 0.15) is 31.1 Å². The maximum Gasteiger partial charge on any atom is 0.257 e. The first-order valence-electron chi connectivity index (χ1n) is 7.96. The quantitative estimate of drug-likeness (QED) is 0.778. The number of benzene rings is 1. The van der Waals surface area contributed by atoms with Gasteiger partial charge in [0.1, 0.15) is 5.75 Å². The maximum absolute atomic E-state index is 12.7. The Labute approximate surface area is 148 Å². The van der Waals surface area contributed by atoms with Crippen LogP contribution in [-0.2, 0) is 4.79 Å². The Morgan fingerprint density at radius 2 is 1.83 bits per heavy atom. The molecule has 1 rings (SSSR count). The minimum atomic E-state index is -0.241. The average Bonchev–Trinajstić information content (AvgIpc) is 2.55. The molecule has 0 fully saturated rings. The monoisotopic (exact) mass is 355 g/mol. The summed E-state index contributed by atoms with van der Waals surface area (Å²) in [5, 5.41) is 2.91. The Hall–Kier alpha value is -1.79. The van der Waals surface area contributed by atoms with Crippen molar-refractivity contribution >= 4 is 29.1 Å². The number of amides is 2. The normalized spacial score (nSPS) is 10.6.